The summed E-state index contributed by atoms with van der Waals surface area (Å²) in [5, 5.41) is 8.02. The fourth-order valence-electron chi connectivity index (χ4n) is 5.41. The maximum atomic E-state index is 12.9. The Bertz CT molecular complexity index is 890. The minimum absolute atomic E-state index is 0.0518. The van der Waals surface area contributed by atoms with Gasteiger partial charge in [0.15, 0.2) is 0 Å². The van der Waals surface area contributed by atoms with E-state index in [0.717, 1.165) is 30.6 Å². The number of carbonyl (C=O) groups excluding carboxylic acids is 2. The quantitative estimate of drug-likeness (QED) is 0.562. The van der Waals surface area contributed by atoms with Crippen LogP contribution < -0.4 is 21.8 Å². The molecule has 0 bridgehead atoms. The van der Waals surface area contributed by atoms with Crippen LogP contribution in [0.3, 0.4) is 0 Å². The van der Waals surface area contributed by atoms with Gasteiger partial charge in [-0.3, -0.25) is 9.59 Å². The molecule has 3 heterocycles. The van der Waals surface area contributed by atoms with Crippen LogP contribution in [-0.2, 0) is 27.3 Å². The van der Waals surface area contributed by atoms with Gasteiger partial charge < -0.3 is 26.5 Å². The minimum Gasteiger partial charge on any atom is -0.385 e. The van der Waals surface area contributed by atoms with E-state index in [1.807, 2.05) is 5.01 Å². The topological polar surface area (TPSA) is 109 Å². The Kier molecular flexibility index (Phi) is 4.29. The second-order valence-corrected chi connectivity index (χ2v) is 8.40. The number of para-hydroxylation sites is 1. The maximum absolute atomic E-state index is 12.9. The van der Waals surface area contributed by atoms with Crippen molar-refractivity contribution in [1.82, 2.24) is 15.8 Å². The number of fused-ring (bicyclic) bond motifs is 2. The molecule has 0 spiro atoms. The zero-order valence-corrected chi connectivity index (χ0v) is 16.5. The van der Waals surface area contributed by atoms with Crippen LogP contribution in [0.15, 0.2) is 30.0 Å². The molecule has 1 saturated carbocycles. The van der Waals surface area contributed by atoms with E-state index in [0.29, 0.717) is 37.3 Å². The van der Waals surface area contributed by atoms with Gasteiger partial charge in [-0.15, -0.1) is 0 Å². The lowest BCUT2D eigenvalue weighted by Crippen LogP contribution is -2.59. The number of nitrogens with one attached hydrogen (secondary N) is 3. The van der Waals surface area contributed by atoms with Gasteiger partial charge in [0, 0.05) is 31.7 Å². The molecular formula is C21H27N5O3. The van der Waals surface area contributed by atoms with Crippen LogP contribution >= 0.6 is 0 Å². The predicted molar refractivity (Wildman–Crippen MR) is 107 cm³/mol. The number of nitrogens with zero attached hydrogens (tertiary/aromatic N) is 1. The smallest absolute Gasteiger partial charge is 0.268 e. The number of hydrogen-bond acceptors (Lipinski definition) is 6. The van der Waals surface area contributed by atoms with Crippen molar-refractivity contribution < 1.29 is 14.3 Å². The molecule has 2 fully saturated rings. The van der Waals surface area contributed by atoms with E-state index in [9.17, 15) is 9.59 Å². The fourth-order valence-corrected chi connectivity index (χ4v) is 5.41. The number of hydrogen-bond donors (Lipinski definition) is 4. The van der Waals surface area contributed by atoms with Crippen LogP contribution in [0.5, 0.6) is 0 Å². The number of rotatable bonds is 5. The number of carbonyl (C=O) groups is 2. The van der Waals surface area contributed by atoms with Crippen molar-refractivity contribution in [2.45, 2.75) is 24.9 Å². The summed E-state index contributed by atoms with van der Waals surface area (Å²) in [4.78, 5) is 25.3. The van der Waals surface area contributed by atoms with Gasteiger partial charge >= 0.3 is 0 Å². The molecule has 5 N–H and O–H groups in total. The van der Waals surface area contributed by atoms with Crippen LogP contribution in [0.4, 0.5) is 5.69 Å². The van der Waals surface area contributed by atoms with Crippen LogP contribution in [0.25, 0.3) is 0 Å². The molecule has 1 saturated heterocycles. The lowest BCUT2D eigenvalue weighted by Gasteiger charge is -2.37. The molecule has 29 heavy (non-hydrogen) atoms. The summed E-state index contributed by atoms with van der Waals surface area (Å²) in [6.07, 6.45) is 3.88. The fraction of sp³-hybridized carbons (Fsp3) is 0.524. The highest BCUT2D eigenvalue weighted by molar-refractivity contribution is 5.97. The molecule has 0 aromatic heterocycles. The highest BCUT2D eigenvalue weighted by Gasteiger charge is 2.68. The Morgan fingerprint density at radius 1 is 1.34 bits per heavy atom. The first kappa shape index (κ1) is 18.4. The average Bonchev–Trinajstić information content (AvgIpc) is 3.07. The molecule has 8 heteroatoms. The number of aryl methyl sites for hydroxylation is 1. The van der Waals surface area contributed by atoms with E-state index in [1.54, 1.807) is 13.1 Å². The van der Waals surface area contributed by atoms with Crippen molar-refractivity contribution >= 4 is 17.5 Å². The van der Waals surface area contributed by atoms with E-state index >= 15 is 0 Å². The highest BCUT2D eigenvalue weighted by Crippen LogP contribution is 2.59. The molecule has 5 rings (SSSR count). The van der Waals surface area contributed by atoms with Gasteiger partial charge in [0.05, 0.1) is 13.2 Å². The minimum atomic E-state index is -1.04. The summed E-state index contributed by atoms with van der Waals surface area (Å²) in [5.74, 6) is -0.0323. The molecule has 8 nitrogen and oxygen atoms in total. The largest absolute Gasteiger partial charge is 0.385 e. The molecule has 3 aliphatic heterocycles. The van der Waals surface area contributed by atoms with Gasteiger partial charge in [-0.05, 0) is 41.9 Å². The molecule has 1 aromatic rings. The van der Waals surface area contributed by atoms with Crippen LogP contribution in [-0.4, -0.2) is 49.2 Å². The number of primary amides is 1. The molecule has 4 aliphatic rings. The average molecular weight is 397 g/mol. The summed E-state index contributed by atoms with van der Waals surface area (Å²) < 4.78 is 5.54. The number of ether oxygens (including phenoxy) is 1. The zero-order valence-electron chi connectivity index (χ0n) is 16.5. The summed E-state index contributed by atoms with van der Waals surface area (Å²) in [7, 11) is 1.58. The van der Waals surface area contributed by atoms with Gasteiger partial charge in [-0.2, -0.15) is 5.01 Å². The van der Waals surface area contributed by atoms with E-state index in [2.05, 4.69) is 34.3 Å². The van der Waals surface area contributed by atoms with Crippen molar-refractivity contribution in [2.75, 3.05) is 32.1 Å². The van der Waals surface area contributed by atoms with E-state index in [4.69, 9.17) is 10.5 Å². The van der Waals surface area contributed by atoms with Gasteiger partial charge in [0.1, 0.15) is 11.2 Å². The summed E-state index contributed by atoms with van der Waals surface area (Å²) in [6.45, 7) is 2.68. The van der Waals surface area contributed by atoms with Crippen LogP contribution in [0.2, 0.25) is 0 Å². The van der Waals surface area contributed by atoms with Crippen molar-refractivity contribution in [3.05, 3.63) is 41.1 Å². The Morgan fingerprint density at radius 3 is 2.86 bits per heavy atom. The van der Waals surface area contributed by atoms with E-state index < -0.39 is 11.4 Å². The normalized spacial score (nSPS) is 32.4. The monoisotopic (exact) mass is 397 g/mol. The predicted octanol–water partition coefficient (Wildman–Crippen LogP) is 0.111. The number of likely N-dealkylation sites (N-methyl/N-ethyl adjacent to an activating group) is 1. The zero-order chi connectivity index (χ0) is 20.2. The lowest BCUT2D eigenvalue weighted by molar-refractivity contribution is -0.131. The summed E-state index contributed by atoms with van der Waals surface area (Å²) in [5.41, 5.74) is 12.0. The Labute approximate surface area is 169 Å². The third-order valence-corrected chi connectivity index (χ3v) is 6.88. The van der Waals surface area contributed by atoms with Crippen molar-refractivity contribution in [3.8, 4) is 0 Å². The first-order chi connectivity index (χ1) is 14.1. The first-order valence-corrected chi connectivity index (χ1v) is 10.3. The standard InChI is InChI=1S/C21H27N5O3/c1-23-19(27)16-8-21(20(22)28,17-14-10-29-11-15(14)17)26(25-16)9-13-5-2-4-12-6-3-7-24-18(12)13/h2,4-5,8,14-15,17,24-25H,3,6-7,9-11H2,1H3,(H2,22,28)(H,23,27)/t14-,15+,17?,21?. The SMILES string of the molecule is CNC(=O)C1=CC(C(N)=O)(C2[C@H]3COC[C@@H]23)N(Cc2cccc3c2NCCC3)N1. The van der Waals surface area contributed by atoms with Crippen LogP contribution in [0.1, 0.15) is 17.5 Å². The Balaban J connectivity index is 1.53. The molecular weight excluding hydrogens is 370 g/mol. The summed E-state index contributed by atoms with van der Waals surface area (Å²) >= 11 is 0. The number of amides is 2. The van der Waals surface area contributed by atoms with Crippen LogP contribution in [0, 0.1) is 17.8 Å². The molecule has 154 valence electrons. The van der Waals surface area contributed by atoms with Crippen molar-refractivity contribution in [2.24, 2.45) is 23.5 Å². The number of hydrazine groups is 1. The molecule has 1 aromatic carbocycles. The van der Waals surface area contributed by atoms with Gasteiger partial charge in [-0.1, -0.05) is 18.2 Å². The van der Waals surface area contributed by atoms with Gasteiger partial charge in [-0.25, -0.2) is 0 Å². The Hall–Kier alpha value is -2.58. The third kappa shape index (κ3) is 2.73. The highest BCUT2D eigenvalue weighted by atomic mass is 16.5. The van der Waals surface area contributed by atoms with Gasteiger partial charge in [0.25, 0.3) is 5.91 Å². The van der Waals surface area contributed by atoms with E-state index in [1.165, 1.54) is 5.56 Å². The van der Waals surface area contributed by atoms with Crippen molar-refractivity contribution in [3.63, 3.8) is 0 Å². The number of nitrogens with two attached hydrogens (primary N) is 1. The van der Waals surface area contributed by atoms with Crippen molar-refractivity contribution in [1.29, 1.82) is 0 Å². The first-order valence-electron chi connectivity index (χ1n) is 10.3. The summed E-state index contributed by atoms with van der Waals surface area (Å²) in [6, 6.07) is 6.26. The maximum Gasteiger partial charge on any atom is 0.268 e. The second kappa shape index (κ2) is 6.74. The molecule has 2 unspecified atom stereocenters. The Morgan fingerprint density at radius 2 is 2.14 bits per heavy atom. The molecule has 1 aliphatic carbocycles. The third-order valence-electron chi connectivity index (χ3n) is 6.88. The molecule has 2 amide bonds. The second-order valence-electron chi connectivity index (χ2n) is 8.40. The molecule has 0 radical (unpaired) electrons. The van der Waals surface area contributed by atoms with Gasteiger partial charge in [0.2, 0.25) is 5.91 Å². The molecule has 4 atom stereocenters. The lowest BCUT2D eigenvalue weighted by atomic mass is 9.88. The van der Waals surface area contributed by atoms with E-state index in [-0.39, 0.29) is 11.8 Å². The number of benzene rings is 1. The number of anilines is 1.